The standard InChI is InChI=1S/C16H28N2O/c1-6-7-10-17-11-14-8-9-15(12(2)3)18(13(4)5)16(14)19/h8-9,12-13,17H,6-7,10-11H2,1-5H3. The summed E-state index contributed by atoms with van der Waals surface area (Å²) in [6.07, 6.45) is 2.33. The number of unbranched alkanes of at least 4 members (excludes halogenated alkanes) is 1. The summed E-state index contributed by atoms with van der Waals surface area (Å²) < 4.78 is 1.93. The van der Waals surface area contributed by atoms with Gasteiger partial charge in [0.1, 0.15) is 0 Å². The maximum Gasteiger partial charge on any atom is 0.255 e. The number of nitrogens with zero attached hydrogens (tertiary/aromatic N) is 1. The summed E-state index contributed by atoms with van der Waals surface area (Å²) in [6.45, 7) is 12.2. The quantitative estimate of drug-likeness (QED) is 0.765. The van der Waals surface area contributed by atoms with Gasteiger partial charge in [-0.25, -0.2) is 0 Å². The second-order valence-electron chi connectivity index (χ2n) is 5.74. The van der Waals surface area contributed by atoms with Crippen molar-refractivity contribution in [3.63, 3.8) is 0 Å². The van der Waals surface area contributed by atoms with Crippen LogP contribution in [-0.2, 0) is 6.54 Å². The molecule has 108 valence electrons. The average Bonchev–Trinajstić information content (AvgIpc) is 2.35. The van der Waals surface area contributed by atoms with Crippen LogP contribution in [0.4, 0.5) is 0 Å². The molecular weight excluding hydrogens is 236 g/mol. The van der Waals surface area contributed by atoms with Gasteiger partial charge < -0.3 is 9.88 Å². The molecular formula is C16H28N2O. The molecule has 0 spiro atoms. The van der Waals surface area contributed by atoms with Crippen molar-refractivity contribution in [1.82, 2.24) is 9.88 Å². The van der Waals surface area contributed by atoms with Crippen LogP contribution in [0.15, 0.2) is 16.9 Å². The molecule has 0 unspecified atom stereocenters. The molecule has 19 heavy (non-hydrogen) atoms. The van der Waals surface area contributed by atoms with Crippen molar-refractivity contribution < 1.29 is 0 Å². The number of pyridine rings is 1. The van der Waals surface area contributed by atoms with E-state index in [1.165, 1.54) is 6.42 Å². The minimum Gasteiger partial charge on any atom is -0.312 e. The van der Waals surface area contributed by atoms with Gasteiger partial charge in [-0.1, -0.05) is 33.3 Å². The number of hydrogen-bond acceptors (Lipinski definition) is 2. The summed E-state index contributed by atoms with van der Waals surface area (Å²) in [5, 5.41) is 3.34. The van der Waals surface area contributed by atoms with E-state index in [1.807, 2.05) is 10.6 Å². The molecule has 0 fully saturated rings. The zero-order valence-electron chi connectivity index (χ0n) is 13.0. The lowest BCUT2D eigenvalue weighted by molar-refractivity contribution is 0.526. The van der Waals surface area contributed by atoms with Crippen LogP contribution in [0.2, 0.25) is 0 Å². The Hall–Kier alpha value is -1.09. The van der Waals surface area contributed by atoms with Crippen molar-refractivity contribution in [3.05, 3.63) is 33.7 Å². The highest BCUT2D eigenvalue weighted by molar-refractivity contribution is 5.19. The largest absolute Gasteiger partial charge is 0.312 e. The molecule has 0 bridgehead atoms. The monoisotopic (exact) mass is 264 g/mol. The first kappa shape index (κ1) is 16.0. The predicted molar refractivity (Wildman–Crippen MR) is 81.8 cm³/mol. The summed E-state index contributed by atoms with van der Waals surface area (Å²) in [5.74, 6) is 0.372. The van der Waals surface area contributed by atoms with Crippen molar-refractivity contribution >= 4 is 0 Å². The molecule has 1 heterocycles. The lowest BCUT2D eigenvalue weighted by Crippen LogP contribution is -2.31. The smallest absolute Gasteiger partial charge is 0.255 e. The van der Waals surface area contributed by atoms with Crippen LogP contribution in [0.3, 0.4) is 0 Å². The highest BCUT2D eigenvalue weighted by Gasteiger charge is 2.13. The van der Waals surface area contributed by atoms with Crippen molar-refractivity contribution in [2.24, 2.45) is 0 Å². The van der Waals surface area contributed by atoms with E-state index < -0.39 is 0 Å². The second-order valence-corrected chi connectivity index (χ2v) is 5.74. The Kier molecular flexibility index (Phi) is 6.29. The summed E-state index contributed by atoms with van der Waals surface area (Å²) in [7, 11) is 0. The lowest BCUT2D eigenvalue weighted by Gasteiger charge is -2.20. The lowest BCUT2D eigenvalue weighted by atomic mass is 10.1. The van der Waals surface area contributed by atoms with Crippen molar-refractivity contribution in [2.75, 3.05) is 6.54 Å². The molecule has 1 aromatic heterocycles. The van der Waals surface area contributed by atoms with Gasteiger partial charge in [0.2, 0.25) is 0 Å². The predicted octanol–water partition coefficient (Wildman–Crippen LogP) is 3.44. The van der Waals surface area contributed by atoms with Crippen LogP contribution in [-0.4, -0.2) is 11.1 Å². The Bertz CT molecular complexity index is 447. The molecule has 0 atom stereocenters. The molecule has 0 saturated heterocycles. The van der Waals surface area contributed by atoms with Gasteiger partial charge >= 0.3 is 0 Å². The van der Waals surface area contributed by atoms with E-state index in [0.717, 1.165) is 24.2 Å². The molecule has 3 heteroatoms. The molecule has 0 aliphatic heterocycles. The highest BCUT2D eigenvalue weighted by Crippen LogP contribution is 2.16. The molecule has 0 amide bonds. The van der Waals surface area contributed by atoms with E-state index in [2.05, 4.69) is 46.0 Å². The van der Waals surface area contributed by atoms with Crippen molar-refractivity contribution in [2.45, 2.75) is 66.0 Å². The SMILES string of the molecule is CCCCNCc1ccc(C(C)C)n(C(C)C)c1=O. The van der Waals surface area contributed by atoms with Crippen LogP contribution in [0.25, 0.3) is 0 Å². The molecule has 0 aromatic carbocycles. The maximum atomic E-state index is 12.5. The third-order valence-electron chi connectivity index (χ3n) is 3.36. The maximum absolute atomic E-state index is 12.5. The van der Waals surface area contributed by atoms with Gasteiger partial charge in [0.15, 0.2) is 0 Å². The Morgan fingerprint density at radius 1 is 1.21 bits per heavy atom. The molecule has 0 aliphatic carbocycles. The van der Waals surface area contributed by atoms with Gasteiger partial charge in [0, 0.05) is 23.8 Å². The van der Waals surface area contributed by atoms with E-state index in [1.54, 1.807) is 0 Å². The van der Waals surface area contributed by atoms with E-state index in [0.29, 0.717) is 12.5 Å². The van der Waals surface area contributed by atoms with Crippen LogP contribution in [0.1, 0.15) is 70.7 Å². The van der Waals surface area contributed by atoms with Gasteiger partial charge in [-0.15, -0.1) is 0 Å². The van der Waals surface area contributed by atoms with Gasteiger partial charge in [0.05, 0.1) is 0 Å². The van der Waals surface area contributed by atoms with Crippen LogP contribution in [0, 0.1) is 0 Å². The number of rotatable bonds is 7. The van der Waals surface area contributed by atoms with Crippen molar-refractivity contribution in [1.29, 1.82) is 0 Å². The molecule has 0 aliphatic rings. The van der Waals surface area contributed by atoms with Crippen LogP contribution >= 0.6 is 0 Å². The topological polar surface area (TPSA) is 34.0 Å². The number of hydrogen-bond donors (Lipinski definition) is 1. The van der Waals surface area contributed by atoms with Crippen molar-refractivity contribution in [3.8, 4) is 0 Å². The third kappa shape index (κ3) is 4.20. The minimum absolute atomic E-state index is 0.158. The molecule has 0 saturated carbocycles. The zero-order valence-corrected chi connectivity index (χ0v) is 13.0. The molecule has 1 N–H and O–H groups in total. The highest BCUT2D eigenvalue weighted by atomic mass is 16.1. The molecule has 1 aromatic rings. The van der Waals surface area contributed by atoms with E-state index in [9.17, 15) is 4.79 Å². The van der Waals surface area contributed by atoms with Gasteiger partial charge in [-0.05, 0) is 38.8 Å². The van der Waals surface area contributed by atoms with Gasteiger partial charge in [0.25, 0.3) is 5.56 Å². The first-order valence-corrected chi connectivity index (χ1v) is 7.44. The summed E-state index contributed by atoms with van der Waals surface area (Å²) >= 11 is 0. The van der Waals surface area contributed by atoms with Gasteiger partial charge in [-0.3, -0.25) is 4.79 Å². The Labute approximate surface area is 117 Å². The van der Waals surface area contributed by atoms with E-state index >= 15 is 0 Å². The van der Waals surface area contributed by atoms with E-state index in [-0.39, 0.29) is 11.6 Å². The fourth-order valence-electron chi connectivity index (χ4n) is 2.27. The third-order valence-corrected chi connectivity index (χ3v) is 3.36. The number of nitrogens with one attached hydrogen (secondary N) is 1. The van der Waals surface area contributed by atoms with Crippen LogP contribution in [0.5, 0.6) is 0 Å². The first-order valence-electron chi connectivity index (χ1n) is 7.44. The van der Waals surface area contributed by atoms with Gasteiger partial charge in [-0.2, -0.15) is 0 Å². The molecule has 1 rings (SSSR count). The Morgan fingerprint density at radius 3 is 2.42 bits per heavy atom. The Balaban J connectivity index is 2.97. The zero-order chi connectivity index (χ0) is 14.4. The second kappa shape index (κ2) is 7.49. The fraction of sp³-hybridized carbons (Fsp3) is 0.688. The molecule has 0 radical (unpaired) electrons. The summed E-state index contributed by atoms with van der Waals surface area (Å²) in [4.78, 5) is 12.5. The fourth-order valence-corrected chi connectivity index (χ4v) is 2.27. The first-order chi connectivity index (χ1) is 8.99. The van der Waals surface area contributed by atoms with E-state index in [4.69, 9.17) is 0 Å². The average molecular weight is 264 g/mol. The molecule has 3 nitrogen and oxygen atoms in total. The Morgan fingerprint density at radius 2 is 1.89 bits per heavy atom. The normalized spacial score (nSPS) is 11.5. The van der Waals surface area contributed by atoms with Crippen LogP contribution < -0.4 is 10.9 Å². The number of aromatic nitrogens is 1. The summed E-state index contributed by atoms with van der Waals surface area (Å²) in [5.41, 5.74) is 2.15. The minimum atomic E-state index is 0.158. The summed E-state index contributed by atoms with van der Waals surface area (Å²) in [6, 6.07) is 4.29.